The Morgan fingerprint density at radius 2 is 1.84 bits per heavy atom. The van der Waals surface area contributed by atoms with Crippen molar-refractivity contribution in [1.29, 1.82) is 0 Å². The normalized spacial score (nSPS) is 13.9. The van der Waals surface area contributed by atoms with Crippen LogP contribution >= 0.6 is 0 Å². The lowest BCUT2D eigenvalue weighted by atomic mass is 10.0. The number of rotatable bonds is 10. The van der Waals surface area contributed by atoms with E-state index >= 15 is 0 Å². The Balaban J connectivity index is 0. The lowest BCUT2D eigenvalue weighted by molar-refractivity contribution is 0.187. The Hall–Kier alpha value is -0.810. The smallest absolute Gasteiger partial charge is 0.404 e. The first-order valence-corrected chi connectivity index (χ1v) is 10.1. The number of methoxy groups -OCH3 is 1. The van der Waals surface area contributed by atoms with E-state index in [1.54, 1.807) is 7.11 Å². The largest absolute Gasteiger partial charge is 0.465 e. The van der Waals surface area contributed by atoms with Crippen molar-refractivity contribution in [1.82, 2.24) is 10.2 Å². The minimum Gasteiger partial charge on any atom is -0.465 e. The minimum absolute atomic E-state index is 0.539. The fourth-order valence-electron chi connectivity index (χ4n) is 3.07. The standard InChI is InChI=1S/C9H20N2O2.C9H18O.C2H6/c1-8(2)7-11(3)6-4-5-10-9(12)13;1-10-8-4-7-9-5-2-3-6-9;1-2/h8,10H,4-7H2,1-3H3,(H,12,13);9H,2-8H2,1H3;1-2H3. The van der Waals surface area contributed by atoms with E-state index in [1.807, 2.05) is 13.8 Å². The molecule has 0 atom stereocenters. The summed E-state index contributed by atoms with van der Waals surface area (Å²) >= 11 is 0. The van der Waals surface area contributed by atoms with Gasteiger partial charge in [-0.1, -0.05) is 53.4 Å². The summed E-state index contributed by atoms with van der Waals surface area (Å²) in [6.45, 7) is 11.8. The summed E-state index contributed by atoms with van der Waals surface area (Å²) in [7, 11) is 3.84. The number of hydrogen-bond donors (Lipinski definition) is 2. The van der Waals surface area contributed by atoms with Crippen molar-refractivity contribution in [2.75, 3.05) is 40.4 Å². The predicted octanol–water partition coefficient (Wildman–Crippen LogP) is 4.86. The number of amides is 1. The molecule has 1 saturated carbocycles. The molecule has 0 aromatic rings. The van der Waals surface area contributed by atoms with E-state index in [1.165, 1.54) is 38.5 Å². The van der Waals surface area contributed by atoms with Gasteiger partial charge in [-0.25, -0.2) is 4.79 Å². The maximum absolute atomic E-state index is 10.1. The molecule has 152 valence electrons. The summed E-state index contributed by atoms with van der Waals surface area (Å²) < 4.78 is 5.00. The number of carboxylic acid groups (broad SMARTS) is 1. The molecule has 1 rings (SSSR count). The van der Waals surface area contributed by atoms with Crippen molar-refractivity contribution in [2.24, 2.45) is 11.8 Å². The monoisotopic (exact) mass is 360 g/mol. The first kappa shape index (κ1) is 26.4. The van der Waals surface area contributed by atoms with Gasteiger partial charge in [0.2, 0.25) is 0 Å². The second-order valence-corrected chi connectivity index (χ2v) is 7.03. The van der Waals surface area contributed by atoms with Crippen LogP contribution in [-0.2, 0) is 4.74 Å². The number of nitrogens with one attached hydrogen (secondary N) is 1. The van der Waals surface area contributed by atoms with Crippen LogP contribution in [0.25, 0.3) is 0 Å². The maximum Gasteiger partial charge on any atom is 0.404 e. The van der Waals surface area contributed by atoms with Crippen molar-refractivity contribution in [2.45, 2.75) is 72.6 Å². The molecule has 0 radical (unpaired) electrons. The molecule has 0 unspecified atom stereocenters. The first-order chi connectivity index (χ1) is 12.0. The van der Waals surface area contributed by atoms with E-state index < -0.39 is 6.09 Å². The van der Waals surface area contributed by atoms with Crippen LogP contribution in [0.4, 0.5) is 4.79 Å². The van der Waals surface area contributed by atoms with Gasteiger partial charge in [0.05, 0.1) is 0 Å². The summed E-state index contributed by atoms with van der Waals surface area (Å²) in [6.07, 6.45) is 8.49. The van der Waals surface area contributed by atoms with Gasteiger partial charge in [-0.2, -0.15) is 0 Å². The van der Waals surface area contributed by atoms with Crippen molar-refractivity contribution in [3.8, 4) is 0 Å². The molecule has 0 heterocycles. The van der Waals surface area contributed by atoms with Gasteiger partial charge in [-0.15, -0.1) is 0 Å². The zero-order chi connectivity index (χ0) is 19.5. The summed E-state index contributed by atoms with van der Waals surface area (Å²) in [5.74, 6) is 1.70. The highest BCUT2D eigenvalue weighted by Crippen LogP contribution is 2.28. The molecule has 1 aliphatic carbocycles. The molecular weight excluding hydrogens is 316 g/mol. The van der Waals surface area contributed by atoms with Crippen molar-refractivity contribution >= 4 is 6.09 Å². The van der Waals surface area contributed by atoms with E-state index in [2.05, 4.69) is 31.1 Å². The SMILES string of the molecule is CC.CC(C)CN(C)CCCNC(=O)O.COCCCC1CCCC1. The zero-order valence-corrected chi connectivity index (χ0v) is 17.6. The summed E-state index contributed by atoms with van der Waals surface area (Å²) in [5.41, 5.74) is 0. The van der Waals surface area contributed by atoms with Crippen LogP contribution < -0.4 is 5.32 Å². The zero-order valence-electron chi connectivity index (χ0n) is 17.6. The third-order valence-electron chi connectivity index (χ3n) is 4.11. The number of ether oxygens (including phenoxy) is 1. The summed E-state index contributed by atoms with van der Waals surface area (Å²) in [5, 5.41) is 10.6. The Bertz CT molecular complexity index is 280. The highest BCUT2D eigenvalue weighted by molar-refractivity contribution is 5.64. The molecular formula is C20H44N2O3. The van der Waals surface area contributed by atoms with Gasteiger partial charge in [0.1, 0.15) is 0 Å². The van der Waals surface area contributed by atoms with Gasteiger partial charge in [-0.3, -0.25) is 0 Å². The Morgan fingerprint density at radius 3 is 2.32 bits per heavy atom. The molecule has 0 saturated heterocycles. The van der Waals surface area contributed by atoms with E-state index in [9.17, 15) is 4.79 Å². The van der Waals surface area contributed by atoms with E-state index in [-0.39, 0.29) is 0 Å². The molecule has 0 aromatic heterocycles. The second-order valence-electron chi connectivity index (χ2n) is 7.03. The van der Waals surface area contributed by atoms with E-state index in [0.717, 1.165) is 32.0 Å². The molecule has 0 aromatic carbocycles. The Morgan fingerprint density at radius 1 is 1.24 bits per heavy atom. The Labute approximate surface area is 156 Å². The average molecular weight is 361 g/mol. The molecule has 1 aliphatic rings. The second kappa shape index (κ2) is 19.5. The van der Waals surface area contributed by atoms with Crippen LogP contribution in [0.15, 0.2) is 0 Å². The molecule has 0 bridgehead atoms. The fourth-order valence-corrected chi connectivity index (χ4v) is 3.07. The molecule has 5 nitrogen and oxygen atoms in total. The fraction of sp³-hybridized carbons (Fsp3) is 0.950. The van der Waals surface area contributed by atoms with Gasteiger partial charge >= 0.3 is 6.09 Å². The minimum atomic E-state index is -0.938. The molecule has 1 amide bonds. The van der Waals surface area contributed by atoms with E-state index in [4.69, 9.17) is 9.84 Å². The maximum atomic E-state index is 10.1. The molecule has 5 heteroatoms. The van der Waals surface area contributed by atoms with Gasteiger partial charge in [0, 0.05) is 26.8 Å². The van der Waals surface area contributed by atoms with Gasteiger partial charge in [-0.05, 0) is 44.7 Å². The summed E-state index contributed by atoms with van der Waals surface area (Å²) in [6, 6.07) is 0. The lowest BCUT2D eigenvalue weighted by Gasteiger charge is -2.18. The molecule has 0 aliphatic heterocycles. The molecule has 25 heavy (non-hydrogen) atoms. The number of nitrogens with zero attached hydrogens (tertiary/aromatic N) is 1. The average Bonchev–Trinajstić information content (AvgIpc) is 3.07. The van der Waals surface area contributed by atoms with E-state index in [0.29, 0.717) is 12.5 Å². The lowest BCUT2D eigenvalue weighted by Crippen LogP contribution is -2.28. The topological polar surface area (TPSA) is 61.8 Å². The van der Waals surface area contributed by atoms with Gasteiger partial charge in [0.15, 0.2) is 0 Å². The van der Waals surface area contributed by atoms with Crippen molar-refractivity contribution in [3.63, 3.8) is 0 Å². The summed E-state index contributed by atoms with van der Waals surface area (Å²) in [4.78, 5) is 12.3. The van der Waals surface area contributed by atoms with Crippen LogP contribution in [0, 0.1) is 11.8 Å². The van der Waals surface area contributed by atoms with Crippen molar-refractivity contribution < 1.29 is 14.6 Å². The van der Waals surface area contributed by atoms with Crippen LogP contribution in [-0.4, -0.2) is 56.5 Å². The molecule has 1 fully saturated rings. The quantitative estimate of drug-likeness (QED) is 0.546. The third-order valence-corrected chi connectivity index (χ3v) is 4.11. The predicted molar refractivity (Wildman–Crippen MR) is 107 cm³/mol. The van der Waals surface area contributed by atoms with Crippen LogP contribution in [0.5, 0.6) is 0 Å². The Kier molecular flexibility index (Phi) is 20.6. The highest BCUT2D eigenvalue weighted by atomic mass is 16.5. The van der Waals surface area contributed by atoms with Crippen LogP contribution in [0.3, 0.4) is 0 Å². The number of carbonyl (C=O) groups is 1. The molecule has 0 spiro atoms. The van der Waals surface area contributed by atoms with Gasteiger partial charge < -0.3 is 20.1 Å². The highest BCUT2D eigenvalue weighted by Gasteiger charge is 2.13. The van der Waals surface area contributed by atoms with Gasteiger partial charge in [0.25, 0.3) is 0 Å². The third kappa shape index (κ3) is 21.1. The number of hydrogen-bond acceptors (Lipinski definition) is 3. The van der Waals surface area contributed by atoms with Crippen LogP contribution in [0.2, 0.25) is 0 Å². The van der Waals surface area contributed by atoms with Crippen molar-refractivity contribution in [3.05, 3.63) is 0 Å². The first-order valence-electron chi connectivity index (χ1n) is 10.1. The molecule has 2 N–H and O–H groups in total. The van der Waals surface area contributed by atoms with Crippen LogP contribution in [0.1, 0.15) is 72.6 Å².